The molecule has 2 aliphatic heterocycles. The number of aliphatic hydroxyl groups excluding tert-OH is 2. The average molecular weight is 559 g/mol. The molecule has 0 aromatic heterocycles. The summed E-state index contributed by atoms with van der Waals surface area (Å²) in [5, 5.41) is 24.6. The number of benzene rings is 2. The molecule has 1 spiro atoms. The Labute approximate surface area is 230 Å². The molecule has 2 aromatic rings. The fourth-order valence-electron chi connectivity index (χ4n) is 5.32. The van der Waals surface area contributed by atoms with Crippen molar-refractivity contribution < 1.29 is 33.0 Å². The van der Waals surface area contributed by atoms with Crippen LogP contribution in [-0.4, -0.2) is 79.5 Å². The number of aryl methyl sites for hydroxylation is 2. The van der Waals surface area contributed by atoms with Crippen molar-refractivity contribution in [3.63, 3.8) is 0 Å². The zero-order valence-corrected chi connectivity index (χ0v) is 23.4. The van der Waals surface area contributed by atoms with E-state index in [1.807, 2.05) is 19.9 Å². The number of hydrogen-bond acceptors (Lipinski definition) is 7. The Morgan fingerprint density at radius 2 is 1.79 bits per heavy atom. The van der Waals surface area contributed by atoms with Crippen molar-refractivity contribution >= 4 is 21.7 Å². The fourth-order valence-corrected chi connectivity index (χ4v) is 6.63. The lowest BCUT2D eigenvalue weighted by Crippen LogP contribution is -2.51. The maximum absolute atomic E-state index is 12.9. The van der Waals surface area contributed by atoms with Crippen molar-refractivity contribution in [2.24, 2.45) is 5.41 Å². The van der Waals surface area contributed by atoms with Gasteiger partial charge in [-0.1, -0.05) is 24.3 Å². The lowest BCUT2D eigenvalue weighted by atomic mass is 9.73. The minimum absolute atomic E-state index is 0.114. The second-order valence-electron chi connectivity index (χ2n) is 10.9. The van der Waals surface area contributed by atoms with Gasteiger partial charge in [-0.3, -0.25) is 9.59 Å². The van der Waals surface area contributed by atoms with Crippen LogP contribution in [-0.2, 0) is 25.8 Å². The topological polar surface area (TPSA) is 133 Å². The molecule has 39 heavy (non-hydrogen) atoms. The first-order valence-corrected chi connectivity index (χ1v) is 15.0. The van der Waals surface area contributed by atoms with Crippen LogP contribution in [0.25, 0.3) is 0 Å². The van der Waals surface area contributed by atoms with E-state index >= 15 is 0 Å². The number of carbonyl (C=O) groups excluding carboxylic acids is 2. The molecule has 0 unspecified atom stereocenters. The van der Waals surface area contributed by atoms with Gasteiger partial charge in [-0.15, -0.1) is 0 Å². The van der Waals surface area contributed by atoms with Crippen LogP contribution in [0.4, 0.5) is 0 Å². The summed E-state index contributed by atoms with van der Waals surface area (Å²) in [7, 11) is -3.59. The third-order valence-corrected chi connectivity index (χ3v) is 9.82. The normalized spacial score (nSPS) is 22.2. The Bertz CT molecular complexity index is 1300. The average Bonchev–Trinajstić information content (AvgIpc) is 2.91. The van der Waals surface area contributed by atoms with Gasteiger partial charge in [-0.2, -0.15) is 0 Å². The second-order valence-corrected chi connectivity index (χ2v) is 13.0. The summed E-state index contributed by atoms with van der Waals surface area (Å²) in [6.45, 7) is 4.64. The van der Waals surface area contributed by atoms with Crippen LogP contribution in [0.5, 0.6) is 5.75 Å². The number of carbonyl (C=O) groups is 2. The summed E-state index contributed by atoms with van der Waals surface area (Å²) >= 11 is 0. The quantitative estimate of drug-likeness (QED) is 0.522. The van der Waals surface area contributed by atoms with Gasteiger partial charge < -0.3 is 25.2 Å². The molecule has 0 saturated carbocycles. The van der Waals surface area contributed by atoms with Crippen LogP contribution >= 0.6 is 0 Å². The van der Waals surface area contributed by atoms with Gasteiger partial charge >= 0.3 is 0 Å². The van der Waals surface area contributed by atoms with E-state index in [0.29, 0.717) is 37.2 Å². The van der Waals surface area contributed by atoms with E-state index < -0.39 is 27.5 Å². The molecule has 1 saturated heterocycles. The van der Waals surface area contributed by atoms with Gasteiger partial charge in [-0.25, -0.2) is 8.42 Å². The number of fused-ring (bicyclic) bond motifs is 1. The van der Waals surface area contributed by atoms with E-state index in [4.69, 9.17) is 4.74 Å². The molecule has 2 atom stereocenters. The number of piperidine rings is 1. The standard InChI is InChI=1S/C29H38N2O7S/c1-20-7-8-23(15-21(20)2)39(36,37)14-9-28(35)31-12-10-29(11-13-31)17-25(33)24(32)16-22-5-3-4-6-26(22)38-18-27(34)30-19-29/h3-8,15,24-25,32-33H,9-14,16-19H2,1-2H3,(H,30,34)/t24-,25+/m0/s1. The largest absolute Gasteiger partial charge is 0.483 e. The Hall–Kier alpha value is -2.95. The van der Waals surface area contributed by atoms with Gasteiger partial charge in [0.1, 0.15) is 5.75 Å². The number of sulfone groups is 1. The van der Waals surface area contributed by atoms with Gasteiger partial charge in [0, 0.05) is 32.5 Å². The molecule has 0 bridgehead atoms. The number of nitrogens with zero attached hydrogens (tertiary/aromatic N) is 1. The highest BCUT2D eigenvalue weighted by molar-refractivity contribution is 7.91. The van der Waals surface area contributed by atoms with Gasteiger partial charge in [0.2, 0.25) is 5.91 Å². The van der Waals surface area contributed by atoms with Gasteiger partial charge in [0.05, 0.1) is 22.9 Å². The predicted molar refractivity (Wildman–Crippen MR) is 146 cm³/mol. The molecule has 9 nitrogen and oxygen atoms in total. The zero-order valence-electron chi connectivity index (χ0n) is 22.6. The van der Waals surface area contributed by atoms with Crippen LogP contribution in [0.2, 0.25) is 0 Å². The zero-order chi connectivity index (χ0) is 28.2. The SMILES string of the molecule is Cc1ccc(S(=O)(=O)CCC(=O)N2CCC3(CC2)CNC(=O)COc2ccccc2C[C@H](O)[C@H](O)C3)cc1C. The third-order valence-electron chi connectivity index (χ3n) is 8.11. The first-order valence-electron chi connectivity index (χ1n) is 13.4. The first kappa shape index (κ1) is 29.0. The van der Waals surface area contributed by atoms with E-state index in [9.17, 15) is 28.2 Å². The Morgan fingerprint density at radius 1 is 1.08 bits per heavy atom. The molecule has 1 fully saturated rings. The molecule has 2 heterocycles. The molecule has 4 rings (SSSR count). The number of ether oxygens (including phenoxy) is 1. The highest BCUT2D eigenvalue weighted by Gasteiger charge is 2.39. The highest BCUT2D eigenvalue weighted by atomic mass is 32.2. The van der Waals surface area contributed by atoms with E-state index in [0.717, 1.165) is 11.1 Å². The van der Waals surface area contributed by atoms with E-state index in [-0.39, 0.29) is 54.9 Å². The number of para-hydroxylation sites is 1. The maximum atomic E-state index is 12.9. The van der Waals surface area contributed by atoms with Crippen molar-refractivity contribution in [3.8, 4) is 5.75 Å². The minimum atomic E-state index is -3.59. The summed E-state index contributed by atoms with van der Waals surface area (Å²) in [6.07, 6.45) is -0.697. The van der Waals surface area contributed by atoms with Crippen molar-refractivity contribution in [1.29, 1.82) is 0 Å². The van der Waals surface area contributed by atoms with E-state index in [1.165, 1.54) is 0 Å². The summed E-state index contributed by atoms with van der Waals surface area (Å²) < 4.78 is 31.3. The molecular formula is C29H38N2O7S. The number of nitrogens with one attached hydrogen (secondary N) is 1. The Kier molecular flexibility index (Phi) is 8.98. The number of likely N-dealkylation sites (tertiary alicyclic amines) is 1. The molecule has 212 valence electrons. The number of rotatable bonds is 4. The summed E-state index contributed by atoms with van der Waals surface area (Å²) in [5.74, 6) is -0.284. The first-order chi connectivity index (χ1) is 18.5. The Balaban J connectivity index is 1.39. The number of amides is 2. The van der Waals surface area contributed by atoms with E-state index in [2.05, 4.69) is 5.32 Å². The number of aliphatic hydroxyl groups is 2. The van der Waals surface area contributed by atoms with E-state index in [1.54, 1.807) is 41.3 Å². The van der Waals surface area contributed by atoms with Gasteiger partial charge in [0.15, 0.2) is 16.4 Å². The fraction of sp³-hybridized carbons (Fsp3) is 0.517. The van der Waals surface area contributed by atoms with Crippen LogP contribution in [0.3, 0.4) is 0 Å². The molecular weight excluding hydrogens is 520 g/mol. The smallest absolute Gasteiger partial charge is 0.257 e. The van der Waals surface area contributed by atoms with Crippen molar-refractivity contribution in [3.05, 3.63) is 59.2 Å². The van der Waals surface area contributed by atoms with Crippen molar-refractivity contribution in [1.82, 2.24) is 10.2 Å². The highest BCUT2D eigenvalue weighted by Crippen LogP contribution is 2.37. The predicted octanol–water partition coefficient (Wildman–Crippen LogP) is 1.94. The summed E-state index contributed by atoms with van der Waals surface area (Å²) in [5.41, 5.74) is 2.08. The summed E-state index contributed by atoms with van der Waals surface area (Å²) in [6, 6.07) is 12.1. The van der Waals surface area contributed by atoms with Crippen LogP contribution < -0.4 is 10.1 Å². The maximum Gasteiger partial charge on any atom is 0.257 e. The molecule has 3 N–H and O–H groups in total. The molecule has 2 aromatic carbocycles. The Morgan fingerprint density at radius 3 is 2.51 bits per heavy atom. The van der Waals surface area contributed by atoms with Crippen LogP contribution in [0.1, 0.15) is 42.4 Å². The van der Waals surface area contributed by atoms with Crippen LogP contribution in [0, 0.1) is 19.3 Å². The van der Waals surface area contributed by atoms with Crippen molar-refractivity contribution in [2.75, 3.05) is 32.0 Å². The van der Waals surface area contributed by atoms with Gasteiger partial charge in [0.25, 0.3) is 5.91 Å². The molecule has 2 aliphatic rings. The lowest BCUT2D eigenvalue weighted by Gasteiger charge is -2.43. The number of hydrogen-bond donors (Lipinski definition) is 3. The minimum Gasteiger partial charge on any atom is -0.483 e. The van der Waals surface area contributed by atoms with Crippen LogP contribution in [0.15, 0.2) is 47.4 Å². The lowest BCUT2D eigenvalue weighted by molar-refractivity contribution is -0.134. The molecule has 0 radical (unpaired) electrons. The van der Waals surface area contributed by atoms with Gasteiger partial charge in [-0.05, 0) is 73.4 Å². The van der Waals surface area contributed by atoms with Crippen molar-refractivity contribution in [2.45, 2.75) is 63.1 Å². The third kappa shape index (κ3) is 7.17. The monoisotopic (exact) mass is 558 g/mol. The second kappa shape index (κ2) is 12.1. The molecule has 0 aliphatic carbocycles. The summed E-state index contributed by atoms with van der Waals surface area (Å²) in [4.78, 5) is 27.3. The molecule has 10 heteroatoms. The molecule has 2 amide bonds.